The third-order valence-corrected chi connectivity index (χ3v) is 4.86. The quantitative estimate of drug-likeness (QED) is 0.400. The summed E-state index contributed by atoms with van der Waals surface area (Å²) in [5.74, 6) is 1.63. The van der Waals surface area contributed by atoms with E-state index in [1.165, 1.54) is 6.08 Å². The van der Waals surface area contributed by atoms with E-state index in [1.807, 2.05) is 30.3 Å². The molecule has 7 nitrogen and oxygen atoms in total. The van der Waals surface area contributed by atoms with Crippen molar-refractivity contribution < 1.29 is 19.1 Å². The lowest BCUT2D eigenvalue weighted by Crippen LogP contribution is -2.20. The van der Waals surface area contributed by atoms with Crippen LogP contribution in [0.3, 0.4) is 0 Å². The van der Waals surface area contributed by atoms with Crippen LogP contribution in [0.25, 0.3) is 0 Å². The molecule has 0 spiro atoms. The van der Waals surface area contributed by atoms with Gasteiger partial charge in [0.05, 0.1) is 11.9 Å². The van der Waals surface area contributed by atoms with E-state index in [0.717, 1.165) is 43.7 Å². The van der Waals surface area contributed by atoms with Gasteiger partial charge in [0, 0.05) is 13.1 Å². The Morgan fingerprint density at radius 2 is 1.58 bits per heavy atom. The maximum absolute atomic E-state index is 11.9. The molecule has 1 aliphatic heterocycles. The molecule has 7 heteroatoms. The molecule has 0 aliphatic carbocycles. The number of hydrogen-bond donors (Lipinski definition) is 1. The molecule has 1 aliphatic rings. The number of anilines is 1. The third-order valence-electron chi connectivity index (χ3n) is 4.86. The van der Waals surface area contributed by atoms with Gasteiger partial charge in [0.15, 0.2) is 0 Å². The number of ether oxygens (including phenoxy) is 2. The summed E-state index contributed by atoms with van der Waals surface area (Å²) >= 11 is 0. The Hall–Kier alpha value is -4.13. The monoisotopic (exact) mass is 445 g/mol. The number of benzene rings is 2. The fourth-order valence-electron chi connectivity index (χ4n) is 3.24. The number of para-hydroxylation sites is 1. The molecule has 4 rings (SSSR count). The summed E-state index contributed by atoms with van der Waals surface area (Å²) in [4.78, 5) is 27.7. The predicted octanol–water partition coefficient (Wildman–Crippen LogP) is 5.13. The molecule has 0 atom stereocenters. The van der Waals surface area contributed by atoms with E-state index in [9.17, 15) is 9.59 Å². The zero-order chi connectivity index (χ0) is 23.5. The van der Waals surface area contributed by atoms with E-state index in [1.54, 1.807) is 49.5 Å². The van der Waals surface area contributed by atoms with Crippen LogP contribution in [0.2, 0.25) is 0 Å². The number of carbonyl (C=O) groups excluding carboxylic acids is 2. The molecule has 3 aromatic rings. The van der Waals surface area contributed by atoms with Crippen molar-refractivity contribution >= 4 is 17.9 Å². The van der Waals surface area contributed by atoms with Gasteiger partial charge in [-0.1, -0.05) is 24.3 Å². The lowest BCUT2D eigenvalue weighted by molar-refractivity contribution is -0.104. The summed E-state index contributed by atoms with van der Waals surface area (Å²) in [6, 6.07) is 18.4. The number of allylic oxidation sites excluding steroid dienone is 2. The van der Waals surface area contributed by atoms with Crippen LogP contribution in [0.15, 0.2) is 79.0 Å². The molecule has 2 N–H and O–H groups in total. The number of aromatic nitrogens is 1. The van der Waals surface area contributed by atoms with Crippen LogP contribution in [0.5, 0.6) is 23.1 Å². The number of rotatable bonds is 7. The highest BCUT2D eigenvalue weighted by atomic mass is 16.5. The van der Waals surface area contributed by atoms with Crippen molar-refractivity contribution in [3.8, 4) is 23.1 Å². The maximum Gasteiger partial charge on any atom is 0.254 e. The fourth-order valence-corrected chi connectivity index (χ4v) is 3.24. The largest absolute Gasteiger partial charge is 0.457 e. The van der Waals surface area contributed by atoms with Crippen molar-refractivity contribution in [2.75, 3.05) is 18.0 Å². The number of amides is 1. The zero-order valence-corrected chi connectivity index (χ0v) is 18.5. The average Bonchev–Trinajstić information content (AvgIpc) is 3.37. The molecule has 0 bridgehead atoms. The first kappa shape index (κ1) is 23.5. The predicted molar refractivity (Wildman–Crippen MR) is 128 cm³/mol. The molecule has 1 fully saturated rings. The Balaban J connectivity index is 0.000000555. The first-order chi connectivity index (χ1) is 16.1. The van der Waals surface area contributed by atoms with Crippen LogP contribution in [0, 0.1) is 0 Å². The second kappa shape index (κ2) is 12.0. The van der Waals surface area contributed by atoms with Gasteiger partial charge in [0.1, 0.15) is 29.1 Å². The second-order valence-corrected chi connectivity index (χ2v) is 7.26. The second-order valence-electron chi connectivity index (χ2n) is 7.26. The standard InChI is InChI=1S/C22H21N3O3.C4H6O/c23-21(26)20-14-16(25-12-4-5-13-25)15-24-22(20)28-19-10-8-18(9-11-19)27-17-6-2-1-3-7-17;1-2-3-4-5/h1-3,6-11,14-15H,4-5,12-13H2,(H2,23,26);2-4H,1H3/b;3-2+. The smallest absolute Gasteiger partial charge is 0.254 e. The van der Waals surface area contributed by atoms with Gasteiger partial charge in [-0.25, -0.2) is 4.98 Å². The number of nitrogens with zero attached hydrogens (tertiary/aromatic N) is 2. The highest BCUT2D eigenvalue weighted by Crippen LogP contribution is 2.30. The highest BCUT2D eigenvalue weighted by Gasteiger charge is 2.18. The minimum absolute atomic E-state index is 0.201. The van der Waals surface area contributed by atoms with Gasteiger partial charge in [-0.05, 0) is 68.3 Å². The number of pyridine rings is 1. The van der Waals surface area contributed by atoms with Gasteiger partial charge in [0.25, 0.3) is 5.91 Å². The molecular formula is C26H27N3O4. The van der Waals surface area contributed by atoms with Crippen molar-refractivity contribution in [1.82, 2.24) is 4.98 Å². The Bertz CT molecular complexity index is 1080. The maximum atomic E-state index is 11.9. The third kappa shape index (κ3) is 6.93. The van der Waals surface area contributed by atoms with Gasteiger partial charge >= 0.3 is 0 Å². The topological polar surface area (TPSA) is 94.8 Å². The van der Waals surface area contributed by atoms with E-state index in [2.05, 4.69) is 9.88 Å². The summed E-state index contributed by atoms with van der Waals surface area (Å²) in [6.07, 6.45) is 7.89. The molecular weight excluding hydrogens is 418 g/mol. The van der Waals surface area contributed by atoms with Crippen LogP contribution in [-0.2, 0) is 4.79 Å². The Kier molecular flexibility index (Phi) is 8.59. The summed E-state index contributed by atoms with van der Waals surface area (Å²) < 4.78 is 11.6. The van der Waals surface area contributed by atoms with Gasteiger partial charge in [-0.2, -0.15) is 0 Å². The van der Waals surface area contributed by atoms with Crippen molar-refractivity contribution in [3.63, 3.8) is 0 Å². The molecule has 2 aromatic carbocycles. The van der Waals surface area contributed by atoms with Crippen LogP contribution < -0.4 is 20.1 Å². The highest BCUT2D eigenvalue weighted by molar-refractivity contribution is 5.96. The molecule has 33 heavy (non-hydrogen) atoms. The minimum atomic E-state index is -0.562. The summed E-state index contributed by atoms with van der Waals surface area (Å²) in [7, 11) is 0. The van der Waals surface area contributed by atoms with Gasteiger partial charge in [-0.3, -0.25) is 9.59 Å². The van der Waals surface area contributed by atoms with Crippen LogP contribution in [0.1, 0.15) is 30.1 Å². The van der Waals surface area contributed by atoms with Crippen LogP contribution >= 0.6 is 0 Å². The first-order valence-corrected chi connectivity index (χ1v) is 10.7. The minimum Gasteiger partial charge on any atom is -0.457 e. The molecule has 0 unspecified atom stereocenters. The summed E-state index contributed by atoms with van der Waals surface area (Å²) in [6.45, 7) is 3.72. The van der Waals surface area contributed by atoms with Crippen molar-refractivity contribution in [3.05, 3.63) is 84.6 Å². The van der Waals surface area contributed by atoms with E-state index in [0.29, 0.717) is 11.5 Å². The Morgan fingerprint density at radius 1 is 0.970 bits per heavy atom. The molecule has 0 radical (unpaired) electrons. The normalized spacial score (nSPS) is 12.7. The first-order valence-electron chi connectivity index (χ1n) is 10.7. The number of hydrogen-bond acceptors (Lipinski definition) is 6. The van der Waals surface area contributed by atoms with Crippen LogP contribution in [0.4, 0.5) is 5.69 Å². The van der Waals surface area contributed by atoms with E-state index >= 15 is 0 Å². The summed E-state index contributed by atoms with van der Waals surface area (Å²) in [5.41, 5.74) is 6.71. The van der Waals surface area contributed by atoms with Gasteiger partial charge < -0.3 is 20.1 Å². The number of nitrogens with two attached hydrogens (primary N) is 1. The zero-order valence-electron chi connectivity index (χ0n) is 18.5. The lowest BCUT2D eigenvalue weighted by atomic mass is 10.2. The SMILES string of the molecule is C/C=C/C=O.NC(=O)c1cc(N2CCCC2)cnc1Oc1ccc(Oc2ccccc2)cc1. The molecule has 1 aromatic heterocycles. The Labute approximate surface area is 193 Å². The molecule has 1 amide bonds. The average molecular weight is 446 g/mol. The number of primary amides is 1. The fraction of sp³-hybridized carbons (Fsp3) is 0.192. The van der Waals surface area contributed by atoms with Gasteiger partial charge in [0.2, 0.25) is 5.88 Å². The van der Waals surface area contributed by atoms with E-state index < -0.39 is 5.91 Å². The summed E-state index contributed by atoms with van der Waals surface area (Å²) in [5, 5.41) is 0. The van der Waals surface area contributed by atoms with E-state index in [4.69, 9.17) is 15.2 Å². The van der Waals surface area contributed by atoms with Gasteiger partial charge in [-0.15, -0.1) is 0 Å². The van der Waals surface area contributed by atoms with Crippen molar-refractivity contribution in [2.24, 2.45) is 5.73 Å². The molecule has 0 saturated carbocycles. The van der Waals surface area contributed by atoms with E-state index in [-0.39, 0.29) is 11.4 Å². The molecule has 170 valence electrons. The molecule has 1 saturated heterocycles. The van der Waals surface area contributed by atoms with Crippen LogP contribution in [-0.4, -0.2) is 30.3 Å². The molecule has 2 heterocycles. The number of carbonyl (C=O) groups is 2. The lowest BCUT2D eigenvalue weighted by Gasteiger charge is -2.18. The van der Waals surface area contributed by atoms with Crippen molar-refractivity contribution in [2.45, 2.75) is 19.8 Å². The number of aldehydes is 1. The Morgan fingerprint density at radius 3 is 2.12 bits per heavy atom. The van der Waals surface area contributed by atoms with Crippen molar-refractivity contribution in [1.29, 1.82) is 0 Å².